The van der Waals surface area contributed by atoms with Gasteiger partial charge in [-0.05, 0) is 67.6 Å². The van der Waals surface area contributed by atoms with Crippen molar-refractivity contribution in [1.82, 2.24) is 10.3 Å². The predicted octanol–water partition coefficient (Wildman–Crippen LogP) is 8.11. The number of carbonyl (C=O) groups is 3. The SMILES string of the molecule is CCOc1ccccc1/C=C(\NC(=O)c1ccccc1)C(=O)Nc1ccc(SCC(=O)Nc2nc(-c3ccc(Br)cc3)cs2)cc1. The Balaban J connectivity index is 1.21. The Kier molecular flexibility index (Phi) is 11.4. The van der Waals surface area contributed by atoms with Crippen molar-refractivity contribution in [3.8, 4) is 17.0 Å². The Labute approximate surface area is 283 Å². The average Bonchev–Trinajstić information content (AvgIpc) is 3.54. The minimum Gasteiger partial charge on any atom is -0.493 e. The van der Waals surface area contributed by atoms with Crippen molar-refractivity contribution in [2.24, 2.45) is 0 Å². The second-order valence-corrected chi connectivity index (χ2v) is 12.5. The molecule has 0 spiro atoms. The fourth-order valence-electron chi connectivity index (χ4n) is 4.21. The third-order valence-electron chi connectivity index (χ3n) is 6.42. The summed E-state index contributed by atoms with van der Waals surface area (Å²) in [6.07, 6.45) is 1.59. The molecule has 0 saturated carbocycles. The summed E-state index contributed by atoms with van der Waals surface area (Å²) in [4.78, 5) is 44.4. The van der Waals surface area contributed by atoms with Crippen LogP contribution in [0.3, 0.4) is 0 Å². The second kappa shape index (κ2) is 16.0. The molecule has 0 atom stereocenters. The number of halogens is 1. The van der Waals surface area contributed by atoms with Crippen molar-refractivity contribution >= 4 is 73.6 Å². The molecule has 4 aromatic carbocycles. The summed E-state index contributed by atoms with van der Waals surface area (Å²) in [7, 11) is 0. The lowest BCUT2D eigenvalue weighted by Gasteiger charge is -2.13. The fraction of sp³-hybridized carbons (Fsp3) is 0.0857. The van der Waals surface area contributed by atoms with E-state index in [1.807, 2.05) is 73.0 Å². The Morgan fingerprint density at radius 3 is 2.35 bits per heavy atom. The van der Waals surface area contributed by atoms with Gasteiger partial charge in [0.15, 0.2) is 5.13 Å². The van der Waals surface area contributed by atoms with Crippen LogP contribution in [0, 0.1) is 0 Å². The number of ether oxygens (including phenoxy) is 1. The van der Waals surface area contributed by atoms with E-state index >= 15 is 0 Å². The molecule has 5 rings (SSSR count). The number of nitrogens with zero attached hydrogens (tertiary/aromatic N) is 1. The number of thioether (sulfide) groups is 1. The van der Waals surface area contributed by atoms with Gasteiger partial charge in [0.25, 0.3) is 11.8 Å². The monoisotopic (exact) mass is 712 g/mol. The van der Waals surface area contributed by atoms with Gasteiger partial charge in [0.05, 0.1) is 18.1 Å². The number of para-hydroxylation sites is 1. The summed E-state index contributed by atoms with van der Waals surface area (Å²) in [6, 6.07) is 30.9. The summed E-state index contributed by atoms with van der Waals surface area (Å²) in [5.74, 6) is -0.300. The number of hydrogen-bond donors (Lipinski definition) is 3. The van der Waals surface area contributed by atoms with Crippen LogP contribution in [-0.2, 0) is 9.59 Å². The molecule has 0 aliphatic carbocycles. The number of benzene rings is 4. The van der Waals surface area contributed by atoms with E-state index in [0.717, 1.165) is 20.6 Å². The quantitative estimate of drug-likeness (QED) is 0.0891. The van der Waals surface area contributed by atoms with E-state index in [2.05, 4.69) is 36.9 Å². The van der Waals surface area contributed by atoms with Crippen LogP contribution in [0.15, 0.2) is 124 Å². The molecule has 46 heavy (non-hydrogen) atoms. The maximum absolute atomic E-state index is 13.4. The van der Waals surface area contributed by atoms with Gasteiger partial charge < -0.3 is 20.7 Å². The van der Waals surface area contributed by atoms with Gasteiger partial charge in [-0.2, -0.15) is 0 Å². The standard InChI is InChI=1S/C35H29BrN4O4S2/c1-2-44-31-11-7-6-10-25(31)20-29(38-33(42)24-8-4-3-5-9-24)34(43)37-27-16-18-28(19-17-27)45-22-32(41)40-35-39-30(21-46-35)23-12-14-26(36)15-13-23/h3-21H,2,22H2,1H3,(H,37,43)(H,38,42)(H,39,40,41)/b29-20-. The molecule has 0 aliphatic rings. The van der Waals surface area contributed by atoms with Gasteiger partial charge >= 0.3 is 0 Å². The minimum absolute atomic E-state index is 0.0570. The summed E-state index contributed by atoms with van der Waals surface area (Å²) in [6.45, 7) is 2.33. The number of aromatic nitrogens is 1. The molecule has 11 heteroatoms. The van der Waals surface area contributed by atoms with Crippen molar-refractivity contribution in [3.05, 3.63) is 130 Å². The highest BCUT2D eigenvalue weighted by molar-refractivity contribution is 9.10. The van der Waals surface area contributed by atoms with Gasteiger partial charge in [-0.15, -0.1) is 23.1 Å². The first-order valence-electron chi connectivity index (χ1n) is 14.2. The molecular weight excluding hydrogens is 684 g/mol. The highest BCUT2D eigenvalue weighted by Gasteiger charge is 2.16. The van der Waals surface area contributed by atoms with Crippen molar-refractivity contribution in [3.63, 3.8) is 0 Å². The van der Waals surface area contributed by atoms with Crippen LogP contribution in [0.2, 0.25) is 0 Å². The summed E-state index contributed by atoms with van der Waals surface area (Å²) < 4.78 is 6.70. The lowest BCUT2D eigenvalue weighted by atomic mass is 10.1. The number of thiazole rings is 1. The van der Waals surface area contributed by atoms with Gasteiger partial charge in [-0.25, -0.2) is 4.98 Å². The maximum Gasteiger partial charge on any atom is 0.272 e. The van der Waals surface area contributed by atoms with Gasteiger partial charge in [-0.1, -0.05) is 64.5 Å². The van der Waals surface area contributed by atoms with Crippen molar-refractivity contribution in [1.29, 1.82) is 0 Å². The molecule has 0 aliphatic heterocycles. The van der Waals surface area contributed by atoms with E-state index in [1.165, 1.54) is 23.1 Å². The molecule has 0 unspecified atom stereocenters. The summed E-state index contributed by atoms with van der Waals surface area (Å²) in [5.41, 5.74) is 3.42. The number of amides is 3. The molecule has 8 nitrogen and oxygen atoms in total. The molecule has 0 saturated heterocycles. The van der Waals surface area contributed by atoms with Crippen LogP contribution < -0.4 is 20.7 Å². The largest absolute Gasteiger partial charge is 0.493 e. The summed E-state index contributed by atoms with van der Waals surface area (Å²) in [5, 5.41) is 10.9. The average molecular weight is 714 g/mol. The first-order chi connectivity index (χ1) is 22.4. The van der Waals surface area contributed by atoms with Crippen molar-refractivity contribution < 1.29 is 19.1 Å². The number of rotatable bonds is 12. The fourth-order valence-corrected chi connectivity index (χ4v) is 5.90. The van der Waals surface area contributed by atoms with E-state index in [0.29, 0.717) is 34.3 Å². The molecule has 232 valence electrons. The lowest BCUT2D eigenvalue weighted by Crippen LogP contribution is -2.30. The number of nitrogens with one attached hydrogen (secondary N) is 3. The molecule has 3 N–H and O–H groups in total. The topological polar surface area (TPSA) is 109 Å². The normalized spacial score (nSPS) is 11.0. The van der Waals surface area contributed by atoms with E-state index in [-0.39, 0.29) is 17.4 Å². The van der Waals surface area contributed by atoms with Gasteiger partial charge in [0, 0.05) is 37.1 Å². The van der Waals surface area contributed by atoms with Gasteiger partial charge in [0.2, 0.25) is 5.91 Å². The summed E-state index contributed by atoms with van der Waals surface area (Å²) >= 11 is 6.17. The van der Waals surface area contributed by atoms with Crippen LogP contribution in [0.4, 0.5) is 10.8 Å². The van der Waals surface area contributed by atoms with Crippen LogP contribution in [-0.4, -0.2) is 35.1 Å². The third-order valence-corrected chi connectivity index (χ3v) is 8.72. The van der Waals surface area contributed by atoms with Crippen LogP contribution >= 0.6 is 39.0 Å². The van der Waals surface area contributed by atoms with E-state index in [4.69, 9.17) is 4.74 Å². The first kappa shape index (κ1) is 32.7. The van der Waals surface area contributed by atoms with E-state index in [9.17, 15) is 14.4 Å². The molecule has 0 radical (unpaired) electrons. The molecule has 5 aromatic rings. The Morgan fingerprint density at radius 1 is 0.891 bits per heavy atom. The Bertz CT molecular complexity index is 1840. The highest BCUT2D eigenvalue weighted by Crippen LogP contribution is 2.27. The van der Waals surface area contributed by atoms with E-state index in [1.54, 1.807) is 48.5 Å². The molecule has 3 amide bonds. The van der Waals surface area contributed by atoms with Crippen LogP contribution in [0.5, 0.6) is 5.75 Å². The second-order valence-electron chi connectivity index (χ2n) is 9.71. The lowest BCUT2D eigenvalue weighted by molar-refractivity contribution is -0.114. The van der Waals surface area contributed by atoms with Crippen molar-refractivity contribution in [2.45, 2.75) is 11.8 Å². The zero-order valence-electron chi connectivity index (χ0n) is 24.7. The number of carbonyl (C=O) groups excluding carboxylic acids is 3. The van der Waals surface area contributed by atoms with Crippen LogP contribution in [0.1, 0.15) is 22.8 Å². The molecule has 1 heterocycles. The Hall–Kier alpha value is -4.71. The number of anilines is 2. The smallest absolute Gasteiger partial charge is 0.272 e. The third kappa shape index (κ3) is 9.16. The molecule has 1 aromatic heterocycles. The number of hydrogen-bond acceptors (Lipinski definition) is 7. The zero-order valence-corrected chi connectivity index (χ0v) is 27.9. The van der Waals surface area contributed by atoms with E-state index < -0.39 is 11.8 Å². The maximum atomic E-state index is 13.4. The highest BCUT2D eigenvalue weighted by atomic mass is 79.9. The molecular formula is C35H29BrN4O4S2. The van der Waals surface area contributed by atoms with Gasteiger partial charge in [0.1, 0.15) is 11.4 Å². The Morgan fingerprint density at radius 2 is 1.61 bits per heavy atom. The predicted molar refractivity (Wildman–Crippen MR) is 189 cm³/mol. The van der Waals surface area contributed by atoms with Crippen molar-refractivity contribution in [2.75, 3.05) is 23.0 Å². The first-order valence-corrected chi connectivity index (χ1v) is 16.9. The zero-order chi connectivity index (χ0) is 32.3. The minimum atomic E-state index is -0.499. The van der Waals surface area contributed by atoms with Gasteiger partial charge in [-0.3, -0.25) is 14.4 Å². The molecule has 0 fully saturated rings. The molecule has 0 bridgehead atoms. The van der Waals surface area contributed by atoms with Crippen LogP contribution in [0.25, 0.3) is 17.3 Å².